The third kappa shape index (κ3) is 5.30. The second-order valence-electron chi connectivity index (χ2n) is 8.59. The van der Waals surface area contributed by atoms with Gasteiger partial charge in [-0.3, -0.25) is 5.32 Å². The van der Waals surface area contributed by atoms with Crippen LogP contribution in [0.3, 0.4) is 0 Å². The Morgan fingerprint density at radius 2 is 1.59 bits per heavy atom. The Bertz CT molecular complexity index is 1160. The molecule has 1 saturated heterocycles. The van der Waals surface area contributed by atoms with Crippen LogP contribution in [0.25, 0.3) is 12.2 Å². The lowest BCUT2D eigenvalue weighted by Crippen LogP contribution is -2.44. The molecule has 3 aromatic carbocycles. The zero-order valence-corrected chi connectivity index (χ0v) is 19.2. The number of para-hydroxylation sites is 2. The van der Waals surface area contributed by atoms with Crippen molar-refractivity contribution >= 4 is 35.3 Å². The molecule has 2 heterocycles. The van der Waals surface area contributed by atoms with Gasteiger partial charge in [0.15, 0.2) is 0 Å². The first-order chi connectivity index (χ1) is 16.8. The summed E-state index contributed by atoms with van der Waals surface area (Å²) in [6.07, 6.45) is 4.88. The van der Waals surface area contributed by atoms with Crippen molar-refractivity contribution in [3.8, 4) is 5.75 Å². The first kappa shape index (κ1) is 22.2. The van der Waals surface area contributed by atoms with Gasteiger partial charge in [0, 0.05) is 44.1 Å². The summed E-state index contributed by atoms with van der Waals surface area (Å²) in [6, 6.07) is 23.6. The maximum Gasteiger partial charge on any atom is 0.417 e. The molecule has 6 heteroatoms. The molecule has 6 nitrogen and oxygen atoms in total. The van der Waals surface area contributed by atoms with Crippen molar-refractivity contribution in [2.45, 2.75) is 6.42 Å². The molecule has 0 atom stereocenters. The number of hydrogen-bond donors (Lipinski definition) is 2. The lowest BCUT2D eigenvalue weighted by atomic mass is 10.1. The molecule has 1 fully saturated rings. The predicted octanol–water partition coefficient (Wildman–Crippen LogP) is 5.21. The van der Waals surface area contributed by atoms with Crippen LogP contribution in [0.4, 0.5) is 21.9 Å². The van der Waals surface area contributed by atoms with Crippen LogP contribution in [0.15, 0.2) is 72.8 Å². The second-order valence-corrected chi connectivity index (χ2v) is 8.59. The summed E-state index contributed by atoms with van der Waals surface area (Å²) in [5.74, 6) is 0.515. The summed E-state index contributed by atoms with van der Waals surface area (Å²) in [5, 5.41) is 6.31. The summed E-state index contributed by atoms with van der Waals surface area (Å²) in [4.78, 5) is 17.4. The van der Waals surface area contributed by atoms with E-state index in [9.17, 15) is 4.79 Å². The average Bonchev–Trinajstić information content (AvgIpc) is 3.02. The summed E-state index contributed by atoms with van der Waals surface area (Å²) < 4.78 is 5.41. The van der Waals surface area contributed by atoms with Gasteiger partial charge in [0.25, 0.3) is 0 Å². The maximum atomic E-state index is 12.5. The molecule has 1 amide bonds. The fourth-order valence-corrected chi connectivity index (χ4v) is 4.55. The molecule has 0 spiro atoms. The van der Waals surface area contributed by atoms with E-state index in [1.165, 1.54) is 11.3 Å². The molecule has 3 aromatic rings. The number of hydrogen-bond acceptors (Lipinski definition) is 5. The summed E-state index contributed by atoms with van der Waals surface area (Å²) in [6.45, 7) is 6.30. The van der Waals surface area contributed by atoms with E-state index in [4.69, 9.17) is 4.74 Å². The predicted molar refractivity (Wildman–Crippen MR) is 139 cm³/mol. The number of nitrogens with zero attached hydrogens (tertiary/aromatic N) is 2. The topological polar surface area (TPSA) is 56.8 Å². The fourth-order valence-electron chi connectivity index (χ4n) is 4.55. The van der Waals surface area contributed by atoms with Crippen LogP contribution in [0, 0.1) is 0 Å². The number of fused-ring (bicyclic) bond motifs is 2. The second kappa shape index (κ2) is 10.5. The number of anilines is 3. The molecular formula is C28H30N4O2. The van der Waals surface area contributed by atoms with E-state index in [1.54, 1.807) is 12.1 Å². The normalized spacial score (nSPS) is 15.2. The fraction of sp³-hybridized carbons (Fsp3) is 0.250. The summed E-state index contributed by atoms with van der Waals surface area (Å²) in [7, 11) is 0. The number of piperazine rings is 1. The molecule has 0 radical (unpaired) electrons. The minimum Gasteiger partial charge on any atom is -0.410 e. The van der Waals surface area contributed by atoms with Gasteiger partial charge >= 0.3 is 6.09 Å². The van der Waals surface area contributed by atoms with Crippen LogP contribution < -0.4 is 20.3 Å². The standard InChI is InChI=1S/C28H30N4O2/c33-28(34-25-8-2-1-3-9-25)30-24-14-13-23-12-11-22-7-4-5-10-26(22)32(27(23)21-24)18-6-17-31-19-15-29-16-20-31/h1-5,7-14,21,29H,6,15-20H2,(H,30,33). The zero-order chi connectivity index (χ0) is 23.2. The lowest BCUT2D eigenvalue weighted by molar-refractivity contribution is 0.215. The highest BCUT2D eigenvalue weighted by Gasteiger charge is 2.19. The van der Waals surface area contributed by atoms with Crippen molar-refractivity contribution in [1.29, 1.82) is 0 Å². The highest BCUT2D eigenvalue weighted by Crippen LogP contribution is 2.37. The highest BCUT2D eigenvalue weighted by atomic mass is 16.6. The Hall–Kier alpha value is -3.61. The molecule has 5 rings (SSSR count). The van der Waals surface area contributed by atoms with Crippen molar-refractivity contribution in [3.63, 3.8) is 0 Å². The van der Waals surface area contributed by atoms with Crippen molar-refractivity contribution in [2.75, 3.05) is 49.5 Å². The van der Waals surface area contributed by atoms with Crippen molar-refractivity contribution in [3.05, 3.63) is 83.9 Å². The Morgan fingerprint density at radius 1 is 0.853 bits per heavy atom. The highest BCUT2D eigenvalue weighted by molar-refractivity contribution is 5.92. The molecule has 2 N–H and O–H groups in total. The first-order valence-corrected chi connectivity index (χ1v) is 11.9. The minimum atomic E-state index is -0.499. The van der Waals surface area contributed by atoms with Gasteiger partial charge in [-0.15, -0.1) is 0 Å². The van der Waals surface area contributed by atoms with Crippen LogP contribution in [0.5, 0.6) is 5.75 Å². The number of carbonyl (C=O) groups is 1. The molecule has 174 valence electrons. The van der Waals surface area contributed by atoms with Crippen molar-refractivity contribution in [2.24, 2.45) is 0 Å². The molecule has 0 aromatic heterocycles. The maximum absolute atomic E-state index is 12.5. The zero-order valence-electron chi connectivity index (χ0n) is 19.2. The van der Waals surface area contributed by atoms with Crippen LogP contribution in [-0.2, 0) is 0 Å². The van der Waals surface area contributed by atoms with E-state index in [2.05, 4.69) is 62.9 Å². The molecule has 0 bridgehead atoms. The van der Waals surface area contributed by atoms with E-state index in [0.29, 0.717) is 11.4 Å². The van der Waals surface area contributed by atoms with Crippen LogP contribution in [0.2, 0.25) is 0 Å². The average molecular weight is 455 g/mol. The number of carbonyl (C=O) groups excluding carboxylic acids is 1. The monoisotopic (exact) mass is 454 g/mol. The molecule has 0 aliphatic carbocycles. The van der Waals surface area contributed by atoms with Crippen molar-refractivity contribution < 1.29 is 9.53 Å². The quantitative estimate of drug-likeness (QED) is 0.535. The van der Waals surface area contributed by atoms with Gasteiger partial charge in [0.2, 0.25) is 0 Å². The molecule has 0 saturated carbocycles. The van der Waals surface area contributed by atoms with E-state index in [0.717, 1.165) is 56.9 Å². The smallest absolute Gasteiger partial charge is 0.410 e. The first-order valence-electron chi connectivity index (χ1n) is 11.9. The van der Waals surface area contributed by atoms with E-state index < -0.39 is 6.09 Å². The SMILES string of the molecule is O=C(Nc1ccc2c(c1)N(CCCN1CCNCC1)c1ccccc1C=C2)Oc1ccccc1. The van der Waals surface area contributed by atoms with Crippen LogP contribution >= 0.6 is 0 Å². The molecular weight excluding hydrogens is 424 g/mol. The number of rotatable bonds is 6. The largest absolute Gasteiger partial charge is 0.417 e. The van der Waals surface area contributed by atoms with Gasteiger partial charge in [-0.1, -0.05) is 54.6 Å². The van der Waals surface area contributed by atoms with Gasteiger partial charge in [-0.25, -0.2) is 4.79 Å². The number of benzene rings is 3. The van der Waals surface area contributed by atoms with Gasteiger partial charge in [-0.2, -0.15) is 0 Å². The van der Waals surface area contributed by atoms with Crippen molar-refractivity contribution in [1.82, 2.24) is 10.2 Å². The molecule has 34 heavy (non-hydrogen) atoms. The van der Waals surface area contributed by atoms with Crippen LogP contribution in [-0.4, -0.2) is 50.3 Å². The summed E-state index contributed by atoms with van der Waals surface area (Å²) in [5.41, 5.74) is 5.29. The Kier molecular flexibility index (Phi) is 6.89. The lowest BCUT2D eigenvalue weighted by Gasteiger charge is -2.30. The van der Waals surface area contributed by atoms with Gasteiger partial charge in [0.1, 0.15) is 5.75 Å². The van der Waals surface area contributed by atoms with E-state index in [1.807, 2.05) is 30.3 Å². The number of nitrogens with one attached hydrogen (secondary N) is 2. The number of ether oxygens (including phenoxy) is 1. The Morgan fingerprint density at radius 3 is 2.41 bits per heavy atom. The van der Waals surface area contributed by atoms with E-state index >= 15 is 0 Å². The Balaban J connectivity index is 1.36. The van der Waals surface area contributed by atoms with Gasteiger partial charge < -0.3 is 19.9 Å². The van der Waals surface area contributed by atoms with Crippen LogP contribution in [0.1, 0.15) is 17.5 Å². The summed E-state index contributed by atoms with van der Waals surface area (Å²) >= 11 is 0. The molecule has 2 aliphatic heterocycles. The third-order valence-electron chi connectivity index (χ3n) is 6.26. The Labute approximate surface area is 200 Å². The molecule has 2 aliphatic rings. The van der Waals surface area contributed by atoms with Gasteiger partial charge in [0.05, 0.1) is 5.69 Å². The number of amides is 1. The molecule has 0 unspecified atom stereocenters. The third-order valence-corrected chi connectivity index (χ3v) is 6.26. The minimum absolute atomic E-state index is 0.499. The van der Waals surface area contributed by atoms with E-state index in [-0.39, 0.29) is 0 Å². The van der Waals surface area contributed by atoms with Gasteiger partial charge in [-0.05, 0) is 54.4 Å².